The van der Waals surface area contributed by atoms with E-state index in [2.05, 4.69) is 4.98 Å². The number of nitrogens with zero attached hydrogens (tertiary/aromatic N) is 2. The van der Waals surface area contributed by atoms with Crippen molar-refractivity contribution in [1.29, 1.82) is 0 Å². The number of aliphatic carboxylic acids is 2. The largest absolute Gasteiger partial charge is 0.481 e. The number of hydrogen-bond acceptors (Lipinski definition) is 3. The van der Waals surface area contributed by atoms with Gasteiger partial charge in [-0.3, -0.25) is 9.59 Å². The van der Waals surface area contributed by atoms with E-state index in [1.165, 1.54) is 0 Å². The SMILES string of the molecule is O=C(O)Cc1cn2c(n1)CC(C(=O)O)CC2. The third-order valence-corrected chi connectivity index (χ3v) is 2.74. The summed E-state index contributed by atoms with van der Waals surface area (Å²) in [6, 6.07) is 0. The summed E-state index contributed by atoms with van der Waals surface area (Å²) in [7, 11) is 0. The molecule has 0 spiro atoms. The Morgan fingerprint density at radius 2 is 2.25 bits per heavy atom. The second kappa shape index (κ2) is 3.96. The summed E-state index contributed by atoms with van der Waals surface area (Å²) in [5.41, 5.74) is 0.494. The molecular formula is C10H12N2O4. The minimum absolute atomic E-state index is 0.113. The van der Waals surface area contributed by atoms with Crippen molar-refractivity contribution in [1.82, 2.24) is 9.55 Å². The van der Waals surface area contributed by atoms with Crippen LogP contribution in [0.15, 0.2) is 6.20 Å². The lowest BCUT2D eigenvalue weighted by molar-refractivity contribution is -0.142. The van der Waals surface area contributed by atoms with Gasteiger partial charge in [-0.15, -0.1) is 0 Å². The number of hydrogen-bond donors (Lipinski definition) is 2. The average molecular weight is 224 g/mol. The number of rotatable bonds is 3. The molecule has 6 heteroatoms. The van der Waals surface area contributed by atoms with Crippen molar-refractivity contribution in [2.45, 2.75) is 25.8 Å². The third-order valence-electron chi connectivity index (χ3n) is 2.74. The van der Waals surface area contributed by atoms with Crippen LogP contribution in [0.5, 0.6) is 0 Å². The number of imidazole rings is 1. The Labute approximate surface area is 91.5 Å². The molecule has 0 amide bonds. The number of aryl methyl sites for hydroxylation is 1. The Morgan fingerprint density at radius 3 is 2.88 bits per heavy atom. The predicted octanol–water partition coefficient (Wildman–Crippen LogP) is 0.157. The summed E-state index contributed by atoms with van der Waals surface area (Å²) in [6.07, 6.45) is 2.54. The lowest BCUT2D eigenvalue weighted by Gasteiger charge is -2.19. The Balaban J connectivity index is 2.16. The minimum atomic E-state index is -0.926. The van der Waals surface area contributed by atoms with Crippen LogP contribution < -0.4 is 0 Å². The first-order valence-electron chi connectivity index (χ1n) is 5.06. The molecule has 0 aliphatic carbocycles. The average Bonchev–Trinajstić information content (AvgIpc) is 2.56. The zero-order valence-electron chi connectivity index (χ0n) is 8.59. The molecule has 6 nitrogen and oxygen atoms in total. The van der Waals surface area contributed by atoms with Gasteiger partial charge in [0, 0.05) is 19.2 Å². The van der Waals surface area contributed by atoms with Crippen LogP contribution in [-0.2, 0) is 29.0 Å². The molecule has 0 saturated carbocycles. The molecule has 2 heterocycles. The fourth-order valence-electron chi connectivity index (χ4n) is 1.94. The molecule has 16 heavy (non-hydrogen) atoms. The van der Waals surface area contributed by atoms with E-state index in [0.717, 1.165) is 0 Å². The molecule has 0 aromatic carbocycles. The molecule has 86 valence electrons. The maximum atomic E-state index is 10.8. The number of carbonyl (C=O) groups is 2. The van der Waals surface area contributed by atoms with Gasteiger partial charge in [0.2, 0.25) is 0 Å². The van der Waals surface area contributed by atoms with Crippen molar-refractivity contribution in [3.8, 4) is 0 Å². The molecule has 0 bridgehead atoms. The lowest BCUT2D eigenvalue weighted by Crippen LogP contribution is -2.25. The second-order valence-electron chi connectivity index (χ2n) is 3.94. The number of carboxylic acid groups (broad SMARTS) is 2. The first kappa shape index (κ1) is 10.7. The quantitative estimate of drug-likeness (QED) is 0.762. The number of aromatic nitrogens is 2. The highest BCUT2D eigenvalue weighted by molar-refractivity contribution is 5.70. The van der Waals surface area contributed by atoms with E-state index < -0.39 is 17.9 Å². The molecule has 1 aliphatic heterocycles. The van der Waals surface area contributed by atoms with Crippen LogP contribution in [0.3, 0.4) is 0 Å². The van der Waals surface area contributed by atoms with Crippen molar-refractivity contribution in [2.24, 2.45) is 5.92 Å². The van der Waals surface area contributed by atoms with E-state index >= 15 is 0 Å². The van der Waals surface area contributed by atoms with Gasteiger partial charge in [-0.05, 0) is 6.42 Å². The van der Waals surface area contributed by atoms with Crippen LogP contribution in [0.25, 0.3) is 0 Å². The molecule has 0 saturated heterocycles. The van der Waals surface area contributed by atoms with Crippen molar-refractivity contribution < 1.29 is 19.8 Å². The molecule has 1 aliphatic rings. The minimum Gasteiger partial charge on any atom is -0.481 e. The summed E-state index contributed by atoms with van der Waals surface area (Å²) in [5, 5.41) is 17.5. The highest BCUT2D eigenvalue weighted by atomic mass is 16.4. The predicted molar refractivity (Wildman–Crippen MR) is 53.0 cm³/mol. The fraction of sp³-hybridized carbons (Fsp3) is 0.500. The molecule has 1 unspecified atom stereocenters. The van der Waals surface area contributed by atoms with Crippen LogP contribution in [0.4, 0.5) is 0 Å². The van der Waals surface area contributed by atoms with E-state index in [1.54, 1.807) is 6.20 Å². The van der Waals surface area contributed by atoms with Gasteiger partial charge < -0.3 is 14.8 Å². The van der Waals surface area contributed by atoms with Gasteiger partial charge in [-0.25, -0.2) is 4.98 Å². The standard InChI is InChI=1S/C10H12N2O4/c13-9(14)4-7-5-12-2-1-6(10(15)16)3-8(12)11-7/h5-6H,1-4H2,(H,13,14)(H,15,16). The van der Waals surface area contributed by atoms with Crippen LogP contribution in [0, 0.1) is 5.92 Å². The van der Waals surface area contributed by atoms with Crippen LogP contribution >= 0.6 is 0 Å². The maximum absolute atomic E-state index is 10.8. The van der Waals surface area contributed by atoms with Crippen LogP contribution in [-0.4, -0.2) is 31.7 Å². The van der Waals surface area contributed by atoms with Crippen molar-refractivity contribution in [2.75, 3.05) is 0 Å². The maximum Gasteiger partial charge on any atom is 0.309 e. The fourth-order valence-corrected chi connectivity index (χ4v) is 1.94. The number of fused-ring (bicyclic) bond motifs is 1. The molecule has 0 fully saturated rings. The first-order chi connectivity index (χ1) is 7.56. The summed E-state index contributed by atoms with van der Waals surface area (Å²) in [6.45, 7) is 0.596. The van der Waals surface area contributed by atoms with Crippen molar-refractivity contribution in [3.05, 3.63) is 17.7 Å². The molecule has 0 radical (unpaired) electrons. The molecule has 1 atom stereocenters. The summed E-state index contributed by atoms with van der Waals surface area (Å²) >= 11 is 0. The Hall–Kier alpha value is -1.85. The lowest BCUT2D eigenvalue weighted by atomic mass is 9.98. The molecular weight excluding hydrogens is 212 g/mol. The monoisotopic (exact) mass is 224 g/mol. The van der Waals surface area contributed by atoms with Gasteiger partial charge in [-0.1, -0.05) is 0 Å². The molecule has 2 rings (SSSR count). The van der Waals surface area contributed by atoms with E-state index in [9.17, 15) is 9.59 Å². The van der Waals surface area contributed by atoms with Crippen LogP contribution in [0.2, 0.25) is 0 Å². The Morgan fingerprint density at radius 1 is 1.50 bits per heavy atom. The summed E-state index contributed by atoms with van der Waals surface area (Å²) in [5.74, 6) is -1.46. The highest BCUT2D eigenvalue weighted by Crippen LogP contribution is 2.20. The zero-order valence-corrected chi connectivity index (χ0v) is 8.59. The van der Waals surface area contributed by atoms with Gasteiger partial charge in [0.25, 0.3) is 0 Å². The van der Waals surface area contributed by atoms with E-state index in [-0.39, 0.29) is 6.42 Å². The summed E-state index contributed by atoms with van der Waals surface area (Å²) in [4.78, 5) is 25.5. The molecule has 1 aromatic rings. The van der Waals surface area contributed by atoms with Gasteiger partial charge in [-0.2, -0.15) is 0 Å². The topological polar surface area (TPSA) is 92.4 Å². The van der Waals surface area contributed by atoms with Crippen molar-refractivity contribution in [3.63, 3.8) is 0 Å². The smallest absolute Gasteiger partial charge is 0.309 e. The van der Waals surface area contributed by atoms with Gasteiger partial charge >= 0.3 is 11.9 Å². The normalized spacial score (nSPS) is 19.1. The van der Waals surface area contributed by atoms with Crippen LogP contribution in [0.1, 0.15) is 17.9 Å². The highest BCUT2D eigenvalue weighted by Gasteiger charge is 2.25. The molecule has 2 N–H and O–H groups in total. The number of carboxylic acids is 2. The zero-order chi connectivity index (χ0) is 11.7. The van der Waals surface area contributed by atoms with Gasteiger partial charge in [0.15, 0.2) is 0 Å². The Kier molecular flexibility index (Phi) is 2.64. The van der Waals surface area contributed by atoms with Gasteiger partial charge in [0.1, 0.15) is 5.82 Å². The first-order valence-corrected chi connectivity index (χ1v) is 5.06. The third kappa shape index (κ3) is 2.05. The van der Waals surface area contributed by atoms with Gasteiger partial charge in [0.05, 0.1) is 18.0 Å². The van der Waals surface area contributed by atoms with E-state index in [1.807, 2.05) is 4.57 Å². The van der Waals surface area contributed by atoms with E-state index in [0.29, 0.717) is 30.9 Å². The Bertz CT molecular complexity index is 438. The second-order valence-corrected chi connectivity index (χ2v) is 3.94. The summed E-state index contributed by atoms with van der Waals surface area (Å²) < 4.78 is 1.84. The van der Waals surface area contributed by atoms with Crippen molar-refractivity contribution >= 4 is 11.9 Å². The molecule has 1 aromatic heterocycles. The van der Waals surface area contributed by atoms with E-state index in [4.69, 9.17) is 10.2 Å².